The van der Waals surface area contributed by atoms with E-state index in [0.717, 1.165) is 12.7 Å². The van der Waals surface area contributed by atoms with Crippen molar-refractivity contribution in [2.45, 2.75) is 32.5 Å². The average Bonchev–Trinajstić information content (AvgIpc) is 2.45. The van der Waals surface area contributed by atoms with E-state index in [1.165, 1.54) is 0 Å². The largest absolute Gasteiger partial charge is 0.389 e. The lowest BCUT2D eigenvalue weighted by Gasteiger charge is -2.27. The Morgan fingerprint density at radius 1 is 1.43 bits per heavy atom. The Morgan fingerprint density at radius 2 is 1.93 bits per heavy atom. The zero-order valence-electron chi connectivity index (χ0n) is 8.81. The Bertz CT molecular complexity index is 200. The van der Waals surface area contributed by atoms with Crippen LogP contribution in [-0.2, 0) is 4.79 Å². The van der Waals surface area contributed by atoms with E-state index in [-0.39, 0.29) is 5.41 Å². The fourth-order valence-corrected chi connectivity index (χ4v) is 1.72. The van der Waals surface area contributed by atoms with Gasteiger partial charge in [-0.2, -0.15) is 0 Å². The third kappa shape index (κ3) is 2.53. The monoisotopic (exact) mass is 201 g/mol. The minimum Gasteiger partial charge on any atom is -0.389 e. The second kappa shape index (κ2) is 4.38. The molecule has 1 aliphatic heterocycles. The zero-order chi connectivity index (χ0) is 10.8. The molecule has 2 N–H and O–H groups in total. The van der Waals surface area contributed by atoms with E-state index in [0.29, 0.717) is 19.6 Å². The van der Waals surface area contributed by atoms with Crippen molar-refractivity contribution in [1.82, 2.24) is 4.90 Å². The van der Waals surface area contributed by atoms with Gasteiger partial charge >= 0.3 is 0 Å². The number of β-amino-alcohol motifs (C(OH)–C–C–N with tert-alkyl or cyclic N) is 2. The van der Waals surface area contributed by atoms with Crippen LogP contribution in [0.25, 0.3) is 0 Å². The summed E-state index contributed by atoms with van der Waals surface area (Å²) in [5.74, 6) is 0. The number of carbonyl (C=O) groups is 1. The summed E-state index contributed by atoms with van der Waals surface area (Å²) < 4.78 is 0. The van der Waals surface area contributed by atoms with Gasteiger partial charge in [-0.3, -0.25) is 4.90 Å². The highest BCUT2D eigenvalue weighted by molar-refractivity contribution is 5.58. The highest BCUT2D eigenvalue weighted by Crippen LogP contribution is 2.22. The molecular formula is C10H19NO3. The van der Waals surface area contributed by atoms with Gasteiger partial charge in [-0.15, -0.1) is 0 Å². The van der Waals surface area contributed by atoms with Crippen LogP contribution in [0.4, 0.5) is 0 Å². The third-order valence-electron chi connectivity index (χ3n) is 3.01. The Balaban J connectivity index is 2.49. The summed E-state index contributed by atoms with van der Waals surface area (Å²) in [4.78, 5) is 12.8. The Hall–Kier alpha value is -0.450. The molecule has 14 heavy (non-hydrogen) atoms. The van der Waals surface area contributed by atoms with Crippen molar-refractivity contribution in [2.75, 3.05) is 19.6 Å². The van der Waals surface area contributed by atoms with Crippen molar-refractivity contribution in [3.63, 3.8) is 0 Å². The SMILES string of the molecule is CCC(C)(C=O)CN1CC(O)C(O)C1. The fourth-order valence-electron chi connectivity index (χ4n) is 1.72. The third-order valence-corrected chi connectivity index (χ3v) is 3.01. The second-order valence-electron chi connectivity index (χ2n) is 4.45. The van der Waals surface area contributed by atoms with Crippen molar-refractivity contribution >= 4 is 6.29 Å². The highest BCUT2D eigenvalue weighted by atomic mass is 16.3. The first-order chi connectivity index (χ1) is 6.50. The molecule has 3 atom stereocenters. The Labute approximate surface area is 84.5 Å². The first-order valence-electron chi connectivity index (χ1n) is 5.05. The first-order valence-corrected chi connectivity index (χ1v) is 5.05. The number of hydrogen-bond acceptors (Lipinski definition) is 4. The molecule has 1 fully saturated rings. The number of hydrogen-bond donors (Lipinski definition) is 2. The molecule has 3 unspecified atom stereocenters. The number of aliphatic hydroxyl groups is 2. The molecule has 0 radical (unpaired) electrons. The van der Waals surface area contributed by atoms with Crippen molar-refractivity contribution in [2.24, 2.45) is 5.41 Å². The number of nitrogens with zero attached hydrogens (tertiary/aromatic N) is 1. The molecule has 1 aliphatic rings. The van der Waals surface area contributed by atoms with Crippen LogP contribution in [0, 0.1) is 5.41 Å². The molecule has 1 heterocycles. The van der Waals surface area contributed by atoms with Crippen LogP contribution in [0.5, 0.6) is 0 Å². The maximum atomic E-state index is 10.9. The predicted octanol–water partition coefficient (Wildman–Crippen LogP) is -0.361. The summed E-state index contributed by atoms with van der Waals surface area (Å²) in [7, 11) is 0. The molecule has 1 saturated heterocycles. The van der Waals surface area contributed by atoms with Gasteiger partial charge in [0.2, 0.25) is 0 Å². The topological polar surface area (TPSA) is 60.8 Å². The smallest absolute Gasteiger partial charge is 0.127 e. The maximum Gasteiger partial charge on any atom is 0.127 e. The summed E-state index contributed by atoms with van der Waals surface area (Å²) in [6.45, 7) is 5.41. The van der Waals surface area contributed by atoms with Gasteiger partial charge in [0, 0.05) is 25.0 Å². The number of aliphatic hydroxyl groups excluding tert-OH is 2. The Kier molecular flexibility index (Phi) is 3.64. The van der Waals surface area contributed by atoms with Gasteiger partial charge in [0.05, 0.1) is 12.2 Å². The standard InChI is InChI=1S/C10H19NO3/c1-3-10(2,7-12)6-11-4-8(13)9(14)5-11/h7-9,13-14H,3-6H2,1-2H3. The van der Waals surface area contributed by atoms with E-state index < -0.39 is 12.2 Å². The minimum absolute atomic E-state index is 0.357. The Morgan fingerprint density at radius 3 is 2.29 bits per heavy atom. The molecule has 0 aromatic carbocycles. The van der Waals surface area contributed by atoms with E-state index >= 15 is 0 Å². The average molecular weight is 201 g/mol. The van der Waals surface area contributed by atoms with E-state index in [4.69, 9.17) is 0 Å². The fraction of sp³-hybridized carbons (Fsp3) is 0.900. The molecule has 82 valence electrons. The van der Waals surface area contributed by atoms with Gasteiger partial charge in [0.1, 0.15) is 6.29 Å². The summed E-state index contributed by atoms with van der Waals surface area (Å²) >= 11 is 0. The van der Waals surface area contributed by atoms with Gasteiger partial charge in [-0.05, 0) is 6.42 Å². The number of aldehydes is 1. The second-order valence-corrected chi connectivity index (χ2v) is 4.45. The molecular weight excluding hydrogens is 182 g/mol. The van der Waals surface area contributed by atoms with Gasteiger partial charge in [0.25, 0.3) is 0 Å². The zero-order valence-corrected chi connectivity index (χ0v) is 8.81. The number of carbonyl (C=O) groups excluding carboxylic acids is 1. The van der Waals surface area contributed by atoms with E-state index in [9.17, 15) is 15.0 Å². The van der Waals surface area contributed by atoms with Crippen molar-refractivity contribution in [1.29, 1.82) is 0 Å². The van der Waals surface area contributed by atoms with E-state index in [1.54, 1.807) is 0 Å². The van der Waals surface area contributed by atoms with Crippen molar-refractivity contribution < 1.29 is 15.0 Å². The quantitative estimate of drug-likeness (QED) is 0.610. The van der Waals surface area contributed by atoms with Crippen molar-refractivity contribution in [3.05, 3.63) is 0 Å². The predicted molar refractivity (Wildman–Crippen MR) is 52.9 cm³/mol. The van der Waals surface area contributed by atoms with Gasteiger partial charge in [0.15, 0.2) is 0 Å². The van der Waals surface area contributed by atoms with Crippen LogP contribution in [0.2, 0.25) is 0 Å². The van der Waals surface area contributed by atoms with Gasteiger partial charge < -0.3 is 15.0 Å². The summed E-state index contributed by atoms with van der Waals surface area (Å²) in [6.07, 6.45) is 0.411. The normalized spacial score (nSPS) is 32.9. The van der Waals surface area contributed by atoms with Crippen LogP contribution in [0.15, 0.2) is 0 Å². The van der Waals surface area contributed by atoms with Crippen LogP contribution in [0.3, 0.4) is 0 Å². The summed E-state index contributed by atoms with van der Waals surface area (Å²) in [5, 5.41) is 18.7. The van der Waals surface area contributed by atoms with Crippen LogP contribution < -0.4 is 0 Å². The van der Waals surface area contributed by atoms with Gasteiger partial charge in [-0.1, -0.05) is 13.8 Å². The van der Waals surface area contributed by atoms with Gasteiger partial charge in [-0.25, -0.2) is 0 Å². The van der Waals surface area contributed by atoms with Crippen LogP contribution in [0.1, 0.15) is 20.3 Å². The lowest BCUT2D eigenvalue weighted by atomic mass is 9.89. The van der Waals surface area contributed by atoms with Crippen LogP contribution in [-0.4, -0.2) is 53.2 Å². The van der Waals surface area contributed by atoms with Crippen LogP contribution >= 0.6 is 0 Å². The first kappa shape index (κ1) is 11.6. The minimum atomic E-state index is -0.664. The molecule has 0 aliphatic carbocycles. The van der Waals surface area contributed by atoms with Crippen molar-refractivity contribution in [3.8, 4) is 0 Å². The molecule has 0 amide bonds. The highest BCUT2D eigenvalue weighted by Gasteiger charge is 2.33. The molecule has 0 saturated carbocycles. The molecule has 0 bridgehead atoms. The molecule has 4 heteroatoms. The maximum absolute atomic E-state index is 10.9. The number of rotatable bonds is 4. The lowest BCUT2D eigenvalue weighted by Crippen LogP contribution is -2.36. The summed E-state index contributed by atoms with van der Waals surface area (Å²) in [5.41, 5.74) is -0.357. The van der Waals surface area contributed by atoms with E-state index in [1.807, 2.05) is 18.7 Å². The van der Waals surface area contributed by atoms with E-state index in [2.05, 4.69) is 0 Å². The number of likely N-dealkylation sites (tertiary alicyclic amines) is 1. The molecule has 0 aromatic rings. The molecule has 1 rings (SSSR count). The summed E-state index contributed by atoms with van der Waals surface area (Å²) in [6, 6.07) is 0. The lowest BCUT2D eigenvalue weighted by molar-refractivity contribution is -0.116. The molecule has 0 spiro atoms. The molecule has 0 aromatic heterocycles. The molecule has 4 nitrogen and oxygen atoms in total.